The molecule has 5 N–H and O–H groups in total. The third-order valence-electron chi connectivity index (χ3n) is 4.87. The summed E-state index contributed by atoms with van der Waals surface area (Å²) in [6.07, 6.45) is 2.53. The summed E-state index contributed by atoms with van der Waals surface area (Å²) in [6, 6.07) is 6.82. The molecule has 0 saturated heterocycles. The minimum absolute atomic E-state index is 0.0853. The Morgan fingerprint density at radius 2 is 2.10 bits per heavy atom. The van der Waals surface area contributed by atoms with Gasteiger partial charge >= 0.3 is 0 Å². The van der Waals surface area contributed by atoms with Crippen molar-refractivity contribution in [1.82, 2.24) is 19.5 Å². The van der Waals surface area contributed by atoms with E-state index in [9.17, 15) is 10.1 Å². The summed E-state index contributed by atoms with van der Waals surface area (Å²) in [5.41, 5.74) is 12.0. The Morgan fingerprint density at radius 1 is 1.32 bits per heavy atom. The summed E-state index contributed by atoms with van der Waals surface area (Å²) in [4.78, 5) is 26.2. The monoisotopic (exact) mass is 440 g/mol. The maximum Gasteiger partial charge on any atom is 0.262 e. The van der Waals surface area contributed by atoms with E-state index in [1.54, 1.807) is 22.8 Å². The van der Waals surface area contributed by atoms with Crippen molar-refractivity contribution >= 4 is 34.1 Å². The highest BCUT2D eigenvalue weighted by molar-refractivity contribution is 6.35. The maximum atomic E-state index is 13.4. The molecule has 1 aromatic carbocycles. The van der Waals surface area contributed by atoms with Crippen LogP contribution in [0.4, 0.5) is 11.6 Å². The molecule has 10 heteroatoms. The molecule has 1 unspecified atom stereocenters. The van der Waals surface area contributed by atoms with Gasteiger partial charge in [0, 0.05) is 6.54 Å². The van der Waals surface area contributed by atoms with Crippen LogP contribution in [0.1, 0.15) is 44.1 Å². The summed E-state index contributed by atoms with van der Waals surface area (Å²) in [5, 5.41) is 13.5. The van der Waals surface area contributed by atoms with Crippen LogP contribution in [0.25, 0.3) is 10.9 Å². The average Bonchev–Trinajstić information content (AvgIpc) is 2.72. The molecule has 1 atom stereocenters. The van der Waals surface area contributed by atoms with Gasteiger partial charge in [0.1, 0.15) is 35.4 Å². The number of hydrogen-bond donors (Lipinski definition) is 3. The number of halogens is 1. The van der Waals surface area contributed by atoms with Crippen molar-refractivity contribution in [3.05, 3.63) is 51.3 Å². The van der Waals surface area contributed by atoms with Crippen LogP contribution in [-0.2, 0) is 6.54 Å². The van der Waals surface area contributed by atoms with E-state index in [2.05, 4.69) is 29.1 Å². The van der Waals surface area contributed by atoms with Crippen molar-refractivity contribution in [3.63, 3.8) is 0 Å². The van der Waals surface area contributed by atoms with E-state index in [0.29, 0.717) is 53.5 Å². The molecule has 0 amide bonds. The molecule has 2 heterocycles. The molecule has 0 aliphatic rings. The van der Waals surface area contributed by atoms with Crippen LogP contribution in [-0.4, -0.2) is 26.1 Å². The van der Waals surface area contributed by atoms with Crippen molar-refractivity contribution in [3.8, 4) is 6.07 Å². The van der Waals surface area contributed by atoms with Gasteiger partial charge in [-0.15, -0.1) is 0 Å². The van der Waals surface area contributed by atoms with Gasteiger partial charge in [-0.1, -0.05) is 31.5 Å². The number of nitrogens with two attached hydrogens (primary N) is 2. The van der Waals surface area contributed by atoms with Gasteiger partial charge in [-0.2, -0.15) is 5.26 Å². The second kappa shape index (κ2) is 9.73. The lowest BCUT2D eigenvalue weighted by Crippen LogP contribution is -2.31. The van der Waals surface area contributed by atoms with Crippen LogP contribution in [0.5, 0.6) is 0 Å². The first-order valence-corrected chi connectivity index (χ1v) is 10.4. The Bertz CT molecular complexity index is 1180. The van der Waals surface area contributed by atoms with Crippen molar-refractivity contribution in [2.45, 2.75) is 39.3 Å². The van der Waals surface area contributed by atoms with Gasteiger partial charge in [0.15, 0.2) is 0 Å². The minimum atomic E-state index is -0.407. The number of nitrogen functional groups attached to an aromatic ring is 1. The number of nitriles is 1. The van der Waals surface area contributed by atoms with E-state index in [4.69, 9.17) is 28.1 Å². The molecule has 9 nitrogen and oxygen atoms in total. The van der Waals surface area contributed by atoms with E-state index in [0.717, 1.165) is 0 Å². The Hall–Kier alpha value is -3.22. The molecule has 2 aromatic heterocycles. The number of aromatic nitrogens is 4. The lowest BCUT2D eigenvalue weighted by atomic mass is 10.0. The molecule has 0 bridgehead atoms. The van der Waals surface area contributed by atoms with Gasteiger partial charge in [-0.3, -0.25) is 9.36 Å². The fourth-order valence-electron chi connectivity index (χ4n) is 3.46. The smallest absolute Gasteiger partial charge is 0.262 e. The summed E-state index contributed by atoms with van der Waals surface area (Å²) < 4.78 is 1.61. The standard InChI is InChI=1S/C21H25ClN8O/c1-12(2)9-16(28-19-13(10-24)18(25)26-11-27-19)20-29-15-6-3-5-14(22)17(15)21(31)30(20)8-4-7-23/h3,5-6,11-12,16H,4,7-9,23H2,1-2H3,(H3,25,26,27,28). The largest absolute Gasteiger partial charge is 0.382 e. The highest BCUT2D eigenvalue weighted by Gasteiger charge is 2.24. The van der Waals surface area contributed by atoms with E-state index < -0.39 is 6.04 Å². The van der Waals surface area contributed by atoms with Gasteiger partial charge in [0.2, 0.25) is 0 Å². The number of fused-ring (bicyclic) bond motifs is 1. The molecule has 0 spiro atoms. The Labute approximate surface area is 185 Å². The fraction of sp³-hybridized carbons (Fsp3) is 0.381. The van der Waals surface area contributed by atoms with Gasteiger partial charge in [-0.05, 0) is 37.4 Å². The van der Waals surface area contributed by atoms with Gasteiger partial charge in [-0.25, -0.2) is 15.0 Å². The molecule has 0 radical (unpaired) electrons. The quantitative estimate of drug-likeness (QED) is 0.484. The van der Waals surface area contributed by atoms with Crippen LogP contribution in [0.15, 0.2) is 29.3 Å². The zero-order valence-electron chi connectivity index (χ0n) is 17.5. The molecule has 0 aliphatic carbocycles. The highest BCUT2D eigenvalue weighted by Crippen LogP contribution is 2.28. The first kappa shape index (κ1) is 22.5. The van der Waals surface area contributed by atoms with Crippen LogP contribution >= 0.6 is 11.6 Å². The predicted octanol–water partition coefficient (Wildman–Crippen LogP) is 2.84. The third kappa shape index (κ3) is 4.76. The molecule has 0 saturated carbocycles. The van der Waals surface area contributed by atoms with Crippen LogP contribution < -0.4 is 22.3 Å². The van der Waals surface area contributed by atoms with E-state index >= 15 is 0 Å². The molecular formula is C21H25ClN8O. The van der Waals surface area contributed by atoms with E-state index in [1.807, 2.05) is 6.07 Å². The fourth-order valence-corrected chi connectivity index (χ4v) is 3.71. The van der Waals surface area contributed by atoms with Gasteiger partial charge in [0.05, 0.1) is 22.0 Å². The Balaban J connectivity index is 2.21. The van der Waals surface area contributed by atoms with E-state index in [1.165, 1.54) is 6.33 Å². The van der Waals surface area contributed by atoms with Crippen molar-refractivity contribution < 1.29 is 0 Å². The zero-order valence-corrected chi connectivity index (χ0v) is 18.2. The molecule has 3 aromatic rings. The van der Waals surface area contributed by atoms with E-state index in [-0.39, 0.29) is 22.9 Å². The lowest BCUT2D eigenvalue weighted by Gasteiger charge is -2.25. The SMILES string of the molecule is CC(C)CC(Nc1ncnc(N)c1C#N)c1nc2cccc(Cl)c2c(=O)n1CCCN. The van der Waals surface area contributed by atoms with Gasteiger partial charge in [0.25, 0.3) is 5.56 Å². The minimum Gasteiger partial charge on any atom is -0.382 e. The number of benzene rings is 1. The second-order valence-corrected chi connectivity index (χ2v) is 8.03. The normalized spacial score (nSPS) is 12.1. The molecule has 31 heavy (non-hydrogen) atoms. The van der Waals surface area contributed by atoms with Crippen molar-refractivity contribution in [2.24, 2.45) is 11.7 Å². The first-order valence-electron chi connectivity index (χ1n) is 10.0. The van der Waals surface area contributed by atoms with Crippen LogP contribution in [0.3, 0.4) is 0 Å². The number of hydrogen-bond acceptors (Lipinski definition) is 8. The predicted molar refractivity (Wildman–Crippen MR) is 122 cm³/mol. The van der Waals surface area contributed by atoms with Crippen LogP contribution in [0, 0.1) is 17.2 Å². The summed E-state index contributed by atoms with van der Waals surface area (Å²) in [5.74, 6) is 1.17. The number of nitrogens with one attached hydrogen (secondary N) is 1. The summed E-state index contributed by atoms with van der Waals surface area (Å²) in [6.45, 7) is 4.95. The van der Waals surface area contributed by atoms with Gasteiger partial charge < -0.3 is 16.8 Å². The number of nitrogens with zero attached hydrogens (tertiary/aromatic N) is 5. The molecule has 162 valence electrons. The summed E-state index contributed by atoms with van der Waals surface area (Å²) >= 11 is 6.31. The average molecular weight is 441 g/mol. The first-order chi connectivity index (χ1) is 14.9. The molecule has 0 fully saturated rings. The van der Waals surface area contributed by atoms with Crippen molar-refractivity contribution in [1.29, 1.82) is 5.26 Å². The Morgan fingerprint density at radius 3 is 2.77 bits per heavy atom. The molecule has 0 aliphatic heterocycles. The molecule has 3 rings (SSSR count). The van der Waals surface area contributed by atoms with Crippen LogP contribution in [0.2, 0.25) is 5.02 Å². The second-order valence-electron chi connectivity index (χ2n) is 7.62. The maximum absolute atomic E-state index is 13.4. The number of anilines is 2. The summed E-state index contributed by atoms with van der Waals surface area (Å²) in [7, 11) is 0. The number of rotatable bonds is 8. The molecular weight excluding hydrogens is 416 g/mol. The highest BCUT2D eigenvalue weighted by atomic mass is 35.5. The lowest BCUT2D eigenvalue weighted by molar-refractivity contribution is 0.480. The third-order valence-corrected chi connectivity index (χ3v) is 5.18. The Kier molecular flexibility index (Phi) is 7.05. The topological polar surface area (TPSA) is 149 Å². The van der Waals surface area contributed by atoms with Crippen molar-refractivity contribution in [2.75, 3.05) is 17.6 Å². The zero-order chi connectivity index (χ0) is 22.5.